The SMILES string of the molecule is CNC(=O)CN1CCN(C(C)(C)C)CC1. The Morgan fingerprint density at radius 2 is 1.73 bits per heavy atom. The summed E-state index contributed by atoms with van der Waals surface area (Å²) in [7, 11) is 1.69. The van der Waals surface area contributed by atoms with Crippen molar-refractivity contribution in [1.29, 1.82) is 0 Å². The number of piperazine rings is 1. The fourth-order valence-electron chi connectivity index (χ4n) is 1.86. The summed E-state index contributed by atoms with van der Waals surface area (Å²) in [6, 6.07) is 0. The predicted octanol–water partition coefficient (Wildman–Crippen LogP) is 0.149. The first-order valence-electron chi connectivity index (χ1n) is 5.61. The zero-order valence-electron chi connectivity index (χ0n) is 10.3. The van der Waals surface area contributed by atoms with Crippen molar-refractivity contribution >= 4 is 5.91 Å². The summed E-state index contributed by atoms with van der Waals surface area (Å²) in [5.74, 6) is 0.110. The minimum absolute atomic E-state index is 0.110. The molecule has 0 saturated carbocycles. The largest absolute Gasteiger partial charge is 0.358 e. The Morgan fingerprint density at radius 1 is 1.20 bits per heavy atom. The van der Waals surface area contributed by atoms with Gasteiger partial charge in [-0.3, -0.25) is 14.6 Å². The van der Waals surface area contributed by atoms with E-state index in [9.17, 15) is 4.79 Å². The number of carbonyl (C=O) groups excluding carboxylic acids is 1. The van der Waals surface area contributed by atoms with Crippen LogP contribution in [0.3, 0.4) is 0 Å². The van der Waals surface area contributed by atoms with Crippen LogP contribution in [0.1, 0.15) is 20.8 Å². The molecule has 1 rings (SSSR count). The molecule has 0 aromatic rings. The molecule has 0 aromatic carbocycles. The molecule has 1 aliphatic heterocycles. The van der Waals surface area contributed by atoms with Crippen LogP contribution in [0.25, 0.3) is 0 Å². The van der Waals surface area contributed by atoms with Gasteiger partial charge in [-0.2, -0.15) is 0 Å². The van der Waals surface area contributed by atoms with Gasteiger partial charge in [0.1, 0.15) is 0 Å². The van der Waals surface area contributed by atoms with E-state index >= 15 is 0 Å². The number of nitrogens with zero attached hydrogens (tertiary/aromatic N) is 2. The van der Waals surface area contributed by atoms with Crippen molar-refractivity contribution in [3.8, 4) is 0 Å². The van der Waals surface area contributed by atoms with Gasteiger partial charge in [-0.25, -0.2) is 0 Å². The summed E-state index contributed by atoms with van der Waals surface area (Å²) in [6.45, 7) is 11.3. The Morgan fingerprint density at radius 3 is 2.13 bits per heavy atom. The highest BCUT2D eigenvalue weighted by molar-refractivity contribution is 5.77. The van der Waals surface area contributed by atoms with E-state index in [1.165, 1.54) is 0 Å². The van der Waals surface area contributed by atoms with Gasteiger partial charge in [-0.15, -0.1) is 0 Å². The average molecular weight is 213 g/mol. The number of amides is 1. The molecule has 1 saturated heterocycles. The maximum Gasteiger partial charge on any atom is 0.233 e. The minimum atomic E-state index is 0.110. The van der Waals surface area contributed by atoms with E-state index in [1.807, 2.05) is 0 Å². The number of likely N-dealkylation sites (N-methyl/N-ethyl adjacent to an activating group) is 1. The second-order valence-electron chi connectivity index (χ2n) is 5.11. The van der Waals surface area contributed by atoms with E-state index < -0.39 is 0 Å². The molecular weight excluding hydrogens is 190 g/mol. The van der Waals surface area contributed by atoms with Crippen molar-refractivity contribution in [3.63, 3.8) is 0 Å². The molecule has 88 valence electrons. The van der Waals surface area contributed by atoms with E-state index in [-0.39, 0.29) is 11.4 Å². The van der Waals surface area contributed by atoms with Crippen LogP contribution >= 0.6 is 0 Å². The third-order valence-corrected chi connectivity index (χ3v) is 2.97. The molecule has 0 atom stereocenters. The molecule has 0 aromatic heterocycles. The first-order valence-corrected chi connectivity index (χ1v) is 5.61. The number of rotatable bonds is 2. The number of nitrogens with one attached hydrogen (secondary N) is 1. The fraction of sp³-hybridized carbons (Fsp3) is 0.909. The quantitative estimate of drug-likeness (QED) is 0.709. The summed E-state index contributed by atoms with van der Waals surface area (Å²) in [5, 5.41) is 2.66. The molecule has 1 N–H and O–H groups in total. The van der Waals surface area contributed by atoms with Crippen LogP contribution in [0.4, 0.5) is 0 Å². The van der Waals surface area contributed by atoms with Crippen molar-refractivity contribution in [2.45, 2.75) is 26.3 Å². The Balaban J connectivity index is 2.33. The lowest BCUT2D eigenvalue weighted by Crippen LogP contribution is -2.54. The van der Waals surface area contributed by atoms with E-state index in [1.54, 1.807) is 7.05 Å². The molecular formula is C11H23N3O. The Labute approximate surface area is 92.6 Å². The number of hydrogen-bond acceptors (Lipinski definition) is 3. The van der Waals surface area contributed by atoms with Crippen molar-refractivity contribution in [2.24, 2.45) is 0 Å². The van der Waals surface area contributed by atoms with Gasteiger partial charge >= 0.3 is 0 Å². The summed E-state index contributed by atoms with van der Waals surface area (Å²) in [5.41, 5.74) is 0.249. The highest BCUT2D eigenvalue weighted by Gasteiger charge is 2.26. The Bertz CT molecular complexity index is 214. The minimum Gasteiger partial charge on any atom is -0.358 e. The van der Waals surface area contributed by atoms with Gasteiger partial charge < -0.3 is 5.32 Å². The van der Waals surface area contributed by atoms with E-state index in [0.29, 0.717) is 6.54 Å². The van der Waals surface area contributed by atoms with Crippen LogP contribution in [-0.4, -0.2) is 61.0 Å². The lowest BCUT2D eigenvalue weighted by molar-refractivity contribution is -0.122. The van der Waals surface area contributed by atoms with Crippen LogP contribution in [0, 0.1) is 0 Å². The highest BCUT2D eigenvalue weighted by atomic mass is 16.1. The molecule has 0 aliphatic carbocycles. The standard InChI is InChI=1S/C11H23N3O/c1-11(2,3)14-7-5-13(6-8-14)9-10(15)12-4/h5-9H2,1-4H3,(H,12,15). The van der Waals surface area contributed by atoms with Crippen molar-refractivity contribution in [1.82, 2.24) is 15.1 Å². The molecule has 1 amide bonds. The number of hydrogen-bond donors (Lipinski definition) is 1. The van der Waals surface area contributed by atoms with Gasteiger partial charge in [0.05, 0.1) is 6.54 Å². The Kier molecular flexibility index (Phi) is 4.11. The molecule has 0 spiro atoms. The topological polar surface area (TPSA) is 35.6 Å². The van der Waals surface area contributed by atoms with E-state index in [4.69, 9.17) is 0 Å². The van der Waals surface area contributed by atoms with Crippen molar-refractivity contribution in [3.05, 3.63) is 0 Å². The first kappa shape index (κ1) is 12.5. The molecule has 1 aliphatic rings. The van der Waals surface area contributed by atoms with Crippen LogP contribution in [0.5, 0.6) is 0 Å². The van der Waals surface area contributed by atoms with Crippen LogP contribution in [0.2, 0.25) is 0 Å². The van der Waals surface area contributed by atoms with Gasteiger partial charge in [0.15, 0.2) is 0 Å². The second kappa shape index (κ2) is 4.94. The highest BCUT2D eigenvalue weighted by Crippen LogP contribution is 2.15. The van der Waals surface area contributed by atoms with Gasteiger partial charge in [0, 0.05) is 38.8 Å². The summed E-state index contributed by atoms with van der Waals surface area (Å²) < 4.78 is 0. The lowest BCUT2D eigenvalue weighted by Gasteiger charge is -2.42. The average Bonchev–Trinajstić information content (AvgIpc) is 2.17. The molecule has 1 fully saturated rings. The first-order chi connectivity index (χ1) is 6.93. The molecule has 0 radical (unpaired) electrons. The van der Waals surface area contributed by atoms with Crippen molar-refractivity contribution in [2.75, 3.05) is 39.8 Å². The van der Waals surface area contributed by atoms with Crippen LogP contribution in [0.15, 0.2) is 0 Å². The zero-order chi connectivity index (χ0) is 11.5. The maximum atomic E-state index is 11.2. The van der Waals surface area contributed by atoms with Gasteiger partial charge in [-0.05, 0) is 20.8 Å². The summed E-state index contributed by atoms with van der Waals surface area (Å²) >= 11 is 0. The van der Waals surface area contributed by atoms with Gasteiger partial charge in [0.25, 0.3) is 0 Å². The molecule has 0 bridgehead atoms. The fourth-order valence-corrected chi connectivity index (χ4v) is 1.86. The predicted molar refractivity (Wildman–Crippen MR) is 61.8 cm³/mol. The zero-order valence-corrected chi connectivity index (χ0v) is 10.3. The lowest BCUT2D eigenvalue weighted by atomic mass is 10.1. The van der Waals surface area contributed by atoms with Gasteiger partial charge in [-0.1, -0.05) is 0 Å². The number of carbonyl (C=O) groups is 1. The maximum absolute atomic E-state index is 11.2. The molecule has 4 heteroatoms. The second-order valence-corrected chi connectivity index (χ2v) is 5.11. The van der Waals surface area contributed by atoms with Crippen LogP contribution < -0.4 is 5.32 Å². The third-order valence-electron chi connectivity index (χ3n) is 2.97. The van der Waals surface area contributed by atoms with Gasteiger partial charge in [0.2, 0.25) is 5.91 Å². The molecule has 1 heterocycles. The molecule has 4 nitrogen and oxygen atoms in total. The summed E-state index contributed by atoms with van der Waals surface area (Å²) in [4.78, 5) is 15.9. The smallest absolute Gasteiger partial charge is 0.233 e. The van der Waals surface area contributed by atoms with E-state index in [0.717, 1.165) is 26.2 Å². The monoisotopic (exact) mass is 213 g/mol. The van der Waals surface area contributed by atoms with Crippen LogP contribution in [-0.2, 0) is 4.79 Å². The van der Waals surface area contributed by atoms with E-state index in [2.05, 4.69) is 35.9 Å². The molecule has 0 unspecified atom stereocenters. The van der Waals surface area contributed by atoms with Crippen molar-refractivity contribution < 1.29 is 4.79 Å². The normalized spacial score (nSPS) is 20.3. The molecule has 15 heavy (non-hydrogen) atoms. The summed E-state index contributed by atoms with van der Waals surface area (Å²) in [6.07, 6.45) is 0. The third kappa shape index (κ3) is 3.80. The Hall–Kier alpha value is -0.610.